The fraction of sp³-hybridized carbons (Fsp3) is 0.353. The molecule has 1 N–H and O–H groups in total. The molecule has 3 nitrogen and oxygen atoms in total. The first-order valence-electron chi connectivity index (χ1n) is 7.10. The first-order valence-corrected chi connectivity index (χ1v) is 8.09. The zero-order valence-electron chi connectivity index (χ0n) is 12.4. The van der Waals surface area contributed by atoms with Crippen LogP contribution in [0, 0.1) is 0 Å². The Labute approximate surface area is 130 Å². The van der Waals surface area contributed by atoms with E-state index in [2.05, 4.69) is 24.9 Å². The number of aliphatic hydroxyl groups is 1. The smallest absolute Gasteiger partial charge is 0.122 e. The van der Waals surface area contributed by atoms with Crippen LogP contribution in [0.25, 0.3) is 0 Å². The van der Waals surface area contributed by atoms with Gasteiger partial charge in [0.05, 0.1) is 11.1 Å². The van der Waals surface area contributed by atoms with E-state index in [1.165, 1.54) is 17.3 Å². The molecule has 0 radical (unpaired) electrons. The number of ether oxygens (including phenoxy) is 1. The van der Waals surface area contributed by atoms with E-state index in [4.69, 9.17) is 4.74 Å². The van der Waals surface area contributed by atoms with Gasteiger partial charge in [-0.25, -0.2) is 4.98 Å². The lowest BCUT2D eigenvalue weighted by molar-refractivity contribution is 0.125. The minimum Gasteiger partial charge on any atom is -0.491 e. The molecule has 1 heterocycles. The summed E-state index contributed by atoms with van der Waals surface area (Å²) in [5.41, 5.74) is 1.17. The molecule has 1 atom stereocenters. The summed E-state index contributed by atoms with van der Waals surface area (Å²) in [7, 11) is 0. The van der Waals surface area contributed by atoms with Crippen molar-refractivity contribution in [2.24, 2.45) is 0 Å². The number of rotatable bonds is 7. The third kappa shape index (κ3) is 5.06. The number of thioether (sulfide) groups is 1. The molecule has 0 aliphatic carbocycles. The Kier molecular flexibility index (Phi) is 6.08. The number of aliphatic hydroxyl groups excluding tert-OH is 1. The predicted octanol–water partition coefficient (Wildman–Crippen LogP) is 3.74. The number of nitrogens with zero attached hydrogens (tertiary/aromatic N) is 1. The molecule has 2 rings (SSSR count). The first-order chi connectivity index (χ1) is 10.2. The quantitative estimate of drug-likeness (QED) is 0.791. The summed E-state index contributed by atoms with van der Waals surface area (Å²) in [6.07, 6.45) is 1.24. The summed E-state index contributed by atoms with van der Waals surface area (Å²) < 4.78 is 5.76. The molecule has 21 heavy (non-hydrogen) atoms. The maximum atomic E-state index is 10.0. The Morgan fingerprint density at radius 1 is 1.14 bits per heavy atom. The molecule has 0 aliphatic heterocycles. The minimum atomic E-state index is -0.516. The number of aromatic nitrogens is 1. The van der Waals surface area contributed by atoms with Gasteiger partial charge in [0, 0.05) is 11.9 Å². The second kappa shape index (κ2) is 8.05. The lowest BCUT2D eigenvalue weighted by Gasteiger charge is -2.16. The summed E-state index contributed by atoms with van der Waals surface area (Å²) in [6.45, 7) is 4.56. The SMILES string of the molecule is CC(C)c1ccccc1OC[C@H](O)CSc1ccccn1. The van der Waals surface area contributed by atoms with Crippen LogP contribution in [0.5, 0.6) is 5.75 Å². The average Bonchev–Trinajstić information content (AvgIpc) is 2.52. The number of hydrogen-bond acceptors (Lipinski definition) is 4. The Hall–Kier alpha value is -1.52. The van der Waals surface area contributed by atoms with Gasteiger partial charge in [0.2, 0.25) is 0 Å². The van der Waals surface area contributed by atoms with Crippen molar-refractivity contribution in [1.29, 1.82) is 0 Å². The predicted molar refractivity (Wildman–Crippen MR) is 87.0 cm³/mol. The van der Waals surface area contributed by atoms with Gasteiger partial charge in [-0.2, -0.15) is 0 Å². The molecular weight excluding hydrogens is 282 g/mol. The van der Waals surface area contributed by atoms with Gasteiger partial charge in [0.15, 0.2) is 0 Å². The third-order valence-electron chi connectivity index (χ3n) is 3.03. The summed E-state index contributed by atoms with van der Waals surface area (Å²) in [5.74, 6) is 1.83. The summed E-state index contributed by atoms with van der Waals surface area (Å²) >= 11 is 1.53. The maximum absolute atomic E-state index is 10.0. The van der Waals surface area contributed by atoms with E-state index in [0.717, 1.165) is 10.8 Å². The molecule has 0 spiro atoms. The Balaban J connectivity index is 1.83. The highest BCUT2D eigenvalue weighted by atomic mass is 32.2. The summed E-state index contributed by atoms with van der Waals surface area (Å²) in [6, 6.07) is 13.7. The molecule has 112 valence electrons. The van der Waals surface area contributed by atoms with Crippen LogP contribution < -0.4 is 4.74 Å². The van der Waals surface area contributed by atoms with Crippen molar-refractivity contribution in [2.75, 3.05) is 12.4 Å². The van der Waals surface area contributed by atoms with Crippen LogP contribution in [0.3, 0.4) is 0 Å². The van der Waals surface area contributed by atoms with Gasteiger partial charge in [-0.3, -0.25) is 0 Å². The van der Waals surface area contributed by atoms with Gasteiger partial charge in [-0.15, -0.1) is 11.8 Å². The Morgan fingerprint density at radius 2 is 1.90 bits per heavy atom. The summed E-state index contributed by atoms with van der Waals surface area (Å²) in [5, 5.41) is 10.9. The van der Waals surface area contributed by atoms with Gasteiger partial charge in [0.1, 0.15) is 12.4 Å². The zero-order valence-corrected chi connectivity index (χ0v) is 13.2. The molecule has 0 amide bonds. The highest BCUT2D eigenvalue weighted by Gasteiger charge is 2.10. The van der Waals surface area contributed by atoms with Crippen molar-refractivity contribution < 1.29 is 9.84 Å². The van der Waals surface area contributed by atoms with Crippen molar-refractivity contribution >= 4 is 11.8 Å². The van der Waals surface area contributed by atoms with Crippen molar-refractivity contribution in [3.8, 4) is 5.75 Å². The van der Waals surface area contributed by atoms with E-state index in [1.54, 1.807) is 6.20 Å². The van der Waals surface area contributed by atoms with Crippen LogP contribution in [-0.4, -0.2) is 28.6 Å². The molecular formula is C17H21NO2S. The lowest BCUT2D eigenvalue weighted by Crippen LogP contribution is -2.20. The molecule has 0 aliphatic rings. The van der Waals surface area contributed by atoms with E-state index in [0.29, 0.717) is 18.3 Å². The maximum Gasteiger partial charge on any atom is 0.122 e. The van der Waals surface area contributed by atoms with Crippen molar-refractivity contribution in [1.82, 2.24) is 4.98 Å². The van der Waals surface area contributed by atoms with Crippen LogP contribution in [0.15, 0.2) is 53.7 Å². The van der Waals surface area contributed by atoms with E-state index >= 15 is 0 Å². The number of hydrogen-bond donors (Lipinski definition) is 1. The standard InChI is InChI=1S/C17H21NO2S/c1-13(2)15-7-3-4-8-16(15)20-11-14(19)12-21-17-9-5-6-10-18-17/h3-10,13-14,19H,11-12H2,1-2H3/t14-/m0/s1. The van der Waals surface area contributed by atoms with Gasteiger partial charge in [0.25, 0.3) is 0 Å². The van der Waals surface area contributed by atoms with Gasteiger partial charge < -0.3 is 9.84 Å². The molecule has 0 bridgehead atoms. The topological polar surface area (TPSA) is 42.4 Å². The number of benzene rings is 1. The highest BCUT2D eigenvalue weighted by Crippen LogP contribution is 2.26. The molecule has 1 aromatic heterocycles. The van der Waals surface area contributed by atoms with Crippen LogP contribution in [-0.2, 0) is 0 Å². The summed E-state index contributed by atoms with van der Waals surface area (Å²) in [4.78, 5) is 4.22. The number of pyridine rings is 1. The molecule has 2 aromatic rings. The van der Waals surface area contributed by atoms with Crippen LogP contribution >= 0.6 is 11.8 Å². The van der Waals surface area contributed by atoms with Gasteiger partial charge in [-0.1, -0.05) is 38.1 Å². The largest absolute Gasteiger partial charge is 0.491 e. The van der Waals surface area contributed by atoms with Crippen molar-refractivity contribution in [3.63, 3.8) is 0 Å². The molecule has 0 saturated carbocycles. The van der Waals surface area contributed by atoms with Gasteiger partial charge >= 0.3 is 0 Å². The fourth-order valence-electron chi connectivity index (χ4n) is 1.94. The second-order valence-corrected chi connectivity index (χ2v) is 6.18. The molecule has 0 fully saturated rings. The monoisotopic (exact) mass is 303 g/mol. The fourth-order valence-corrected chi connectivity index (χ4v) is 2.71. The average molecular weight is 303 g/mol. The normalized spacial score (nSPS) is 12.4. The van der Waals surface area contributed by atoms with E-state index < -0.39 is 6.10 Å². The lowest BCUT2D eigenvalue weighted by atomic mass is 10.0. The molecule has 0 saturated heterocycles. The molecule has 1 aromatic carbocycles. The number of para-hydroxylation sites is 1. The van der Waals surface area contributed by atoms with E-state index in [9.17, 15) is 5.11 Å². The van der Waals surface area contributed by atoms with Crippen molar-refractivity contribution in [3.05, 3.63) is 54.2 Å². The van der Waals surface area contributed by atoms with E-state index in [1.807, 2.05) is 36.4 Å². The zero-order chi connectivity index (χ0) is 15.1. The first kappa shape index (κ1) is 15.9. The van der Waals surface area contributed by atoms with Crippen LogP contribution in [0.4, 0.5) is 0 Å². The molecule has 4 heteroatoms. The minimum absolute atomic E-state index is 0.295. The third-order valence-corrected chi connectivity index (χ3v) is 4.12. The second-order valence-electron chi connectivity index (χ2n) is 5.14. The van der Waals surface area contributed by atoms with Crippen LogP contribution in [0.2, 0.25) is 0 Å². The Morgan fingerprint density at radius 3 is 2.62 bits per heavy atom. The van der Waals surface area contributed by atoms with E-state index in [-0.39, 0.29) is 0 Å². The Bertz CT molecular complexity index is 545. The van der Waals surface area contributed by atoms with Crippen LogP contribution in [0.1, 0.15) is 25.3 Å². The molecule has 0 unspecified atom stereocenters. The van der Waals surface area contributed by atoms with Gasteiger partial charge in [-0.05, 0) is 29.7 Å². The van der Waals surface area contributed by atoms with Crippen molar-refractivity contribution in [2.45, 2.75) is 30.9 Å². The highest BCUT2D eigenvalue weighted by molar-refractivity contribution is 7.99.